The number of hydrogen-bond donors (Lipinski definition) is 2. The molecule has 0 spiro atoms. The van der Waals surface area contributed by atoms with Crippen LogP contribution in [0.25, 0.3) is 0 Å². The Morgan fingerprint density at radius 1 is 1.21 bits per heavy atom. The highest BCUT2D eigenvalue weighted by molar-refractivity contribution is 5.82. The van der Waals surface area contributed by atoms with Gasteiger partial charge in [-0.1, -0.05) is 18.2 Å². The second-order valence-electron chi connectivity index (χ2n) is 4.37. The molecule has 1 aromatic carbocycles. The number of benzene rings is 1. The van der Waals surface area contributed by atoms with Crippen LogP contribution in [-0.2, 0) is 9.47 Å². The van der Waals surface area contributed by atoms with Crippen molar-refractivity contribution in [2.45, 2.75) is 12.2 Å². The maximum Gasteiger partial charge on any atom is 0.213 e. The Morgan fingerprint density at radius 2 is 1.79 bits per heavy atom. The summed E-state index contributed by atoms with van der Waals surface area (Å²) in [5.41, 5.74) is 3.50. The van der Waals surface area contributed by atoms with E-state index < -0.39 is 0 Å². The first-order valence-corrected chi connectivity index (χ1v) is 6.19. The van der Waals surface area contributed by atoms with Crippen molar-refractivity contribution in [1.82, 2.24) is 10.3 Å². The van der Waals surface area contributed by atoms with Crippen molar-refractivity contribution < 1.29 is 9.47 Å². The lowest BCUT2D eigenvalue weighted by Crippen LogP contribution is -2.44. The second kappa shape index (κ2) is 6.51. The smallest absolute Gasteiger partial charge is 0.213 e. The minimum Gasteiger partial charge on any atom is -0.377 e. The summed E-state index contributed by atoms with van der Waals surface area (Å²) in [6, 6.07) is 9.68. The topological polar surface area (TPSA) is 72.1 Å². The van der Waals surface area contributed by atoms with E-state index in [1.165, 1.54) is 0 Å². The second-order valence-corrected chi connectivity index (χ2v) is 4.37. The third-order valence-corrected chi connectivity index (χ3v) is 3.24. The number of nitrogens with one attached hydrogen (secondary N) is 1. The van der Waals surface area contributed by atoms with Gasteiger partial charge in [-0.05, 0) is 12.1 Å². The summed E-state index contributed by atoms with van der Waals surface area (Å²) in [5.74, 6) is 6.19. The summed E-state index contributed by atoms with van der Waals surface area (Å²) in [5, 5.41) is 0. The van der Waals surface area contributed by atoms with Crippen LogP contribution < -0.4 is 11.3 Å². The lowest BCUT2D eigenvalue weighted by Gasteiger charge is -2.19. The maximum atomic E-state index is 5.57. The average molecular weight is 264 g/mol. The van der Waals surface area contributed by atoms with Gasteiger partial charge in [-0.3, -0.25) is 5.43 Å². The normalized spacial score (nSPS) is 23.7. The van der Waals surface area contributed by atoms with Crippen molar-refractivity contribution in [3.8, 4) is 0 Å². The van der Waals surface area contributed by atoms with Gasteiger partial charge in [0.05, 0.1) is 5.69 Å². The number of nitrogens with zero attached hydrogens (tertiary/aromatic N) is 2. The van der Waals surface area contributed by atoms with Crippen LogP contribution in [0.1, 0.15) is 0 Å². The number of rotatable bonds is 3. The van der Waals surface area contributed by atoms with Gasteiger partial charge in [-0.2, -0.15) is 0 Å². The third kappa shape index (κ3) is 3.23. The summed E-state index contributed by atoms with van der Waals surface area (Å²) in [7, 11) is 3.37. The Labute approximate surface area is 113 Å². The van der Waals surface area contributed by atoms with Crippen LogP contribution >= 0.6 is 0 Å². The van der Waals surface area contributed by atoms with Crippen LogP contribution in [0.5, 0.6) is 0 Å². The van der Waals surface area contributed by atoms with Crippen molar-refractivity contribution in [2.24, 2.45) is 10.8 Å². The highest BCUT2D eigenvalue weighted by atomic mass is 16.5. The highest BCUT2D eigenvalue weighted by Gasteiger charge is 2.34. The van der Waals surface area contributed by atoms with Crippen LogP contribution in [-0.4, -0.2) is 50.4 Å². The molecule has 1 heterocycles. The molecule has 1 aliphatic rings. The fourth-order valence-electron chi connectivity index (χ4n) is 2.19. The zero-order valence-corrected chi connectivity index (χ0v) is 11.2. The monoisotopic (exact) mass is 264 g/mol. The fourth-order valence-corrected chi connectivity index (χ4v) is 2.19. The Bertz CT molecular complexity index is 412. The molecule has 1 aromatic rings. The number of aliphatic imine (C=N–C) groups is 1. The van der Waals surface area contributed by atoms with Crippen molar-refractivity contribution in [3.05, 3.63) is 30.3 Å². The molecule has 6 nitrogen and oxygen atoms in total. The molecule has 0 bridgehead atoms. The first-order valence-electron chi connectivity index (χ1n) is 6.19. The van der Waals surface area contributed by atoms with Crippen LogP contribution in [0, 0.1) is 0 Å². The first kappa shape index (κ1) is 13.8. The summed E-state index contributed by atoms with van der Waals surface area (Å²) < 4.78 is 10.8. The number of ether oxygens (including phenoxy) is 2. The van der Waals surface area contributed by atoms with E-state index in [-0.39, 0.29) is 12.2 Å². The summed E-state index contributed by atoms with van der Waals surface area (Å²) >= 11 is 0. The van der Waals surface area contributed by atoms with Crippen molar-refractivity contribution in [1.29, 1.82) is 0 Å². The molecule has 0 aliphatic carbocycles. The zero-order chi connectivity index (χ0) is 13.7. The Morgan fingerprint density at radius 3 is 2.26 bits per heavy atom. The Hall–Kier alpha value is -1.63. The molecule has 104 valence electrons. The van der Waals surface area contributed by atoms with Crippen LogP contribution in [0.15, 0.2) is 35.3 Å². The molecule has 2 atom stereocenters. The number of nitrogens with two attached hydrogens (primary N) is 1. The summed E-state index contributed by atoms with van der Waals surface area (Å²) in [6.45, 7) is 1.40. The van der Waals surface area contributed by atoms with E-state index in [9.17, 15) is 0 Å². The summed E-state index contributed by atoms with van der Waals surface area (Å²) in [4.78, 5) is 6.52. The minimum absolute atomic E-state index is 0.0272. The molecular formula is C13H20N4O2. The third-order valence-electron chi connectivity index (χ3n) is 3.24. The molecule has 0 aromatic heterocycles. The van der Waals surface area contributed by atoms with E-state index in [0.717, 1.165) is 5.69 Å². The highest BCUT2D eigenvalue weighted by Crippen LogP contribution is 2.17. The van der Waals surface area contributed by atoms with E-state index in [0.29, 0.717) is 19.0 Å². The van der Waals surface area contributed by atoms with Crippen LogP contribution in [0.4, 0.5) is 5.69 Å². The summed E-state index contributed by atoms with van der Waals surface area (Å²) in [6.07, 6.45) is 0.0543. The number of para-hydroxylation sites is 1. The van der Waals surface area contributed by atoms with Crippen LogP contribution in [0.2, 0.25) is 0 Å². The number of hydrazine groups is 1. The molecule has 1 saturated heterocycles. The van der Waals surface area contributed by atoms with Gasteiger partial charge in [-0.15, -0.1) is 0 Å². The van der Waals surface area contributed by atoms with E-state index in [1.807, 2.05) is 35.2 Å². The molecule has 6 heteroatoms. The first-order chi connectivity index (χ1) is 9.28. The van der Waals surface area contributed by atoms with Crippen molar-refractivity contribution in [3.63, 3.8) is 0 Å². The molecular weight excluding hydrogens is 244 g/mol. The Kier molecular flexibility index (Phi) is 4.73. The number of methoxy groups -OCH3 is 2. The van der Waals surface area contributed by atoms with E-state index in [1.54, 1.807) is 14.2 Å². The molecule has 0 radical (unpaired) electrons. The standard InChI is InChI=1S/C13H20N4O2/c1-18-11-8-17(9-12(11)19-2)13(16-14)15-10-6-4-3-5-7-10/h3-7,11-12H,8-9,14H2,1-2H3,(H,15,16). The lowest BCUT2D eigenvalue weighted by atomic mass is 10.3. The molecule has 0 saturated carbocycles. The van der Waals surface area contributed by atoms with Gasteiger partial charge in [-0.25, -0.2) is 10.8 Å². The van der Waals surface area contributed by atoms with E-state index in [2.05, 4.69) is 10.4 Å². The molecule has 2 unspecified atom stereocenters. The van der Waals surface area contributed by atoms with Crippen molar-refractivity contribution in [2.75, 3.05) is 27.3 Å². The number of hydrogen-bond acceptors (Lipinski definition) is 4. The molecule has 3 N–H and O–H groups in total. The maximum absolute atomic E-state index is 5.57. The molecule has 1 aliphatic heterocycles. The van der Waals surface area contributed by atoms with Gasteiger partial charge in [0, 0.05) is 27.3 Å². The fraction of sp³-hybridized carbons (Fsp3) is 0.462. The molecule has 2 rings (SSSR count). The lowest BCUT2D eigenvalue weighted by molar-refractivity contribution is -0.00461. The van der Waals surface area contributed by atoms with Gasteiger partial charge in [0.2, 0.25) is 5.96 Å². The molecule has 0 amide bonds. The molecule has 19 heavy (non-hydrogen) atoms. The minimum atomic E-state index is 0.0272. The predicted octanol–water partition coefficient (Wildman–Crippen LogP) is 0.483. The van der Waals surface area contributed by atoms with E-state index in [4.69, 9.17) is 15.3 Å². The van der Waals surface area contributed by atoms with Gasteiger partial charge >= 0.3 is 0 Å². The van der Waals surface area contributed by atoms with Gasteiger partial charge < -0.3 is 14.4 Å². The van der Waals surface area contributed by atoms with Gasteiger partial charge in [0.1, 0.15) is 12.2 Å². The van der Waals surface area contributed by atoms with E-state index >= 15 is 0 Å². The molecule has 1 fully saturated rings. The number of likely N-dealkylation sites (tertiary alicyclic amines) is 1. The average Bonchev–Trinajstić information content (AvgIpc) is 2.89. The predicted molar refractivity (Wildman–Crippen MR) is 74.0 cm³/mol. The van der Waals surface area contributed by atoms with Gasteiger partial charge in [0.15, 0.2) is 0 Å². The Balaban J connectivity index is 2.13. The van der Waals surface area contributed by atoms with Crippen LogP contribution in [0.3, 0.4) is 0 Å². The zero-order valence-electron chi connectivity index (χ0n) is 11.2. The van der Waals surface area contributed by atoms with Gasteiger partial charge in [0.25, 0.3) is 0 Å². The SMILES string of the molecule is COC1CN(C(=Nc2ccccc2)NN)CC1OC. The van der Waals surface area contributed by atoms with Crippen molar-refractivity contribution >= 4 is 11.6 Å². The quantitative estimate of drug-likeness (QED) is 0.360. The largest absolute Gasteiger partial charge is 0.377 e. The number of guanidine groups is 1.